The summed E-state index contributed by atoms with van der Waals surface area (Å²) in [5.41, 5.74) is 0.869. The molecule has 0 aliphatic heterocycles. The van der Waals surface area contributed by atoms with Crippen molar-refractivity contribution < 1.29 is 13.9 Å². The van der Waals surface area contributed by atoms with Gasteiger partial charge in [-0.3, -0.25) is 9.48 Å². The number of carbonyl (C=O) groups excluding carboxylic acids is 1. The Hall–Kier alpha value is -2.67. The average molecular weight is 446 g/mol. The molecule has 0 bridgehead atoms. The van der Waals surface area contributed by atoms with Gasteiger partial charge in [0.1, 0.15) is 11.6 Å². The lowest BCUT2D eigenvalue weighted by atomic mass is 10.1. The third-order valence-electron chi connectivity index (χ3n) is 4.12. The molecule has 2 aromatic carbocycles. The number of benzene rings is 2. The van der Waals surface area contributed by atoms with Crippen molar-refractivity contribution in [2.75, 3.05) is 12.4 Å². The van der Waals surface area contributed by atoms with Gasteiger partial charge in [0.2, 0.25) is 0 Å². The molecule has 0 saturated carbocycles. The van der Waals surface area contributed by atoms with Gasteiger partial charge in [-0.25, -0.2) is 4.39 Å². The Kier molecular flexibility index (Phi) is 5.56. The number of halogens is 2. The minimum absolute atomic E-state index is 0.299. The zero-order chi connectivity index (χ0) is 20.5. The van der Waals surface area contributed by atoms with Crippen LogP contribution in [0.1, 0.15) is 31.1 Å². The first-order valence-electron chi connectivity index (χ1n) is 8.71. The van der Waals surface area contributed by atoms with E-state index in [1.54, 1.807) is 41.1 Å². The van der Waals surface area contributed by atoms with Crippen LogP contribution in [0, 0.1) is 5.82 Å². The van der Waals surface area contributed by atoms with Gasteiger partial charge < -0.3 is 10.1 Å². The van der Waals surface area contributed by atoms with E-state index in [1.807, 2.05) is 26.8 Å². The molecular formula is C21H21BrFN3O2. The van der Waals surface area contributed by atoms with Crippen LogP contribution in [0.3, 0.4) is 0 Å². The summed E-state index contributed by atoms with van der Waals surface area (Å²) in [6, 6.07) is 13.4. The Balaban J connectivity index is 2.06. The molecule has 1 N–H and O–H groups in total. The molecule has 0 aliphatic carbocycles. The van der Waals surface area contributed by atoms with Gasteiger partial charge >= 0.3 is 0 Å². The van der Waals surface area contributed by atoms with E-state index in [1.165, 1.54) is 13.2 Å². The number of rotatable bonds is 4. The van der Waals surface area contributed by atoms with E-state index >= 15 is 0 Å². The van der Waals surface area contributed by atoms with E-state index < -0.39 is 11.4 Å². The molecule has 1 heterocycles. The summed E-state index contributed by atoms with van der Waals surface area (Å²) in [5.74, 6) is 0.0111. The molecule has 0 aliphatic rings. The standard InChI is InChI=1S/C21H21BrFN3O2/c1-21(2,3)26-16(19-15(23)9-6-10-17(19)28-4)12-18(25-26)24-20(27)13-7-5-8-14(22)11-13/h5-12H,1-4H3,(H,24,25,27). The molecule has 0 radical (unpaired) electrons. The molecule has 0 atom stereocenters. The highest BCUT2D eigenvalue weighted by atomic mass is 79.9. The van der Waals surface area contributed by atoms with Crippen molar-refractivity contribution in [3.05, 3.63) is 64.4 Å². The molecule has 28 heavy (non-hydrogen) atoms. The normalized spacial score (nSPS) is 11.4. The third-order valence-corrected chi connectivity index (χ3v) is 4.62. The van der Waals surface area contributed by atoms with Gasteiger partial charge in [0.05, 0.1) is 23.9 Å². The van der Waals surface area contributed by atoms with Crippen LogP contribution in [0.15, 0.2) is 53.0 Å². The van der Waals surface area contributed by atoms with E-state index in [2.05, 4.69) is 26.3 Å². The van der Waals surface area contributed by atoms with E-state index in [0.29, 0.717) is 28.4 Å². The summed E-state index contributed by atoms with van der Waals surface area (Å²) in [5, 5.41) is 7.30. The Morgan fingerprint density at radius 3 is 2.54 bits per heavy atom. The number of nitrogens with one attached hydrogen (secondary N) is 1. The second-order valence-corrected chi connectivity index (χ2v) is 8.19. The smallest absolute Gasteiger partial charge is 0.256 e. The first-order chi connectivity index (χ1) is 13.2. The van der Waals surface area contributed by atoms with Crippen molar-refractivity contribution in [1.82, 2.24) is 9.78 Å². The van der Waals surface area contributed by atoms with Crippen LogP contribution >= 0.6 is 15.9 Å². The second kappa shape index (κ2) is 7.75. The van der Waals surface area contributed by atoms with Crippen LogP contribution in [0.5, 0.6) is 5.75 Å². The molecule has 1 amide bonds. The molecule has 1 aromatic heterocycles. The monoisotopic (exact) mass is 445 g/mol. The Bertz CT molecular complexity index is 1020. The number of amides is 1. The maximum absolute atomic E-state index is 14.7. The van der Waals surface area contributed by atoms with Crippen molar-refractivity contribution >= 4 is 27.7 Å². The maximum atomic E-state index is 14.7. The van der Waals surface area contributed by atoms with Crippen LogP contribution in [-0.2, 0) is 5.54 Å². The molecular weight excluding hydrogens is 425 g/mol. The van der Waals surface area contributed by atoms with Crippen molar-refractivity contribution in [3.63, 3.8) is 0 Å². The zero-order valence-corrected chi connectivity index (χ0v) is 17.7. The molecule has 3 rings (SSSR count). The fourth-order valence-electron chi connectivity index (χ4n) is 2.87. The molecule has 0 unspecified atom stereocenters. The van der Waals surface area contributed by atoms with Crippen molar-refractivity contribution in [2.45, 2.75) is 26.3 Å². The van der Waals surface area contributed by atoms with Gasteiger partial charge in [-0.2, -0.15) is 5.10 Å². The predicted octanol–water partition coefficient (Wildman–Crippen LogP) is 5.47. The number of nitrogens with zero attached hydrogens (tertiary/aromatic N) is 2. The van der Waals surface area contributed by atoms with Gasteiger partial charge in [-0.05, 0) is 51.1 Å². The number of ether oxygens (including phenoxy) is 1. The molecule has 0 saturated heterocycles. The maximum Gasteiger partial charge on any atom is 0.256 e. The number of methoxy groups -OCH3 is 1. The first-order valence-corrected chi connectivity index (χ1v) is 9.50. The number of anilines is 1. The largest absolute Gasteiger partial charge is 0.496 e. The highest BCUT2D eigenvalue weighted by Crippen LogP contribution is 2.36. The SMILES string of the molecule is COc1cccc(F)c1-c1cc(NC(=O)c2cccc(Br)c2)nn1C(C)(C)C. The minimum atomic E-state index is -0.443. The fraction of sp³-hybridized carbons (Fsp3) is 0.238. The minimum Gasteiger partial charge on any atom is -0.496 e. The fourth-order valence-corrected chi connectivity index (χ4v) is 3.27. The van der Waals surface area contributed by atoms with Crippen LogP contribution in [0.4, 0.5) is 10.2 Å². The number of aromatic nitrogens is 2. The topological polar surface area (TPSA) is 56.1 Å². The summed E-state index contributed by atoms with van der Waals surface area (Å²) in [6.07, 6.45) is 0. The van der Waals surface area contributed by atoms with E-state index in [0.717, 1.165) is 4.47 Å². The van der Waals surface area contributed by atoms with Crippen molar-refractivity contribution in [3.8, 4) is 17.0 Å². The summed E-state index contributed by atoms with van der Waals surface area (Å²) in [7, 11) is 1.49. The molecule has 7 heteroatoms. The van der Waals surface area contributed by atoms with E-state index in [9.17, 15) is 9.18 Å². The van der Waals surface area contributed by atoms with E-state index in [4.69, 9.17) is 4.74 Å². The highest BCUT2D eigenvalue weighted by Gasteiger charge is 2.25. The lowest BCUT2D eigenvalue weighted by Crippen LogP contribution is -2.24. The highest BCUT2D eigenvalue weighted by molar-refractivity contribution is 9.10. The van der Waals surface area contributed by atoms with Crippen molar-refractivity contribution in [2.24, 2.45) is 0 Å². The lowest BCUT2D eigenvalue weighted by molar-refractivity contribution is 0.102. The average Bonchev–Trinajstić information content (AvgIpc) is 3.05. The number of hydrogen-bond acceptors (Lipinski definition) is 3. The zero-order valence-electron chi connectivity index (χ0n) is 16.1. The molecule has 0 spiro atoms. The van der Waals surface area contributed by atoms with Crippen LogP contribution in [0.25, 0.3) is 11.3 Å². The lowest BCUT2D eigenvalue weighted by Gasteiger charge is -2.23. The van der Waals surface area contributed by atoms with Gasteiger partial charge in [0, 0.05) is 16.1 Å². The predicted molar refractivity (Wildman–Crippen MR) is 111 cm³/mol. The molecule has 3 aromatic rings. The second-order valence-electron chi connectivity index (χ2n) is 7.28. The summed E-state index contributed by atoms with van der Waals surface area (Å²) >= 11 is 3.36. The summed E-state index contributed by atoms with van der Waals surface area (Å²) in [6.45, 7) is 5.87. The van der Waals surface area contributed by atoms with E-state index in [-0.39, 0.29) is 5.91 Å². The van der Waals surface area contributed by atoms with Gasteiger partial charge in [-0.15, -0.1) is 0 Å². The third kappa shape index (κ3) is 4.09. The summed E-state index contributed by atoms with van der Waals surface area (Å²) < 4.78 is 22.5. The van der Waals surface area contributed by atoms with Crippen LogP contribution < -0.4 is 10.1 Å². The molecule has 0 fully saturated rings. The molecule has 5 nitrogen and oxygen atoms in total. The molecule has 146 valence electrons. The Labute approximate surface area is 171 Å². The number of hydrogen-bond donors (Lipinski definition) is 1. The Morgan fingerprint density at radius 2 is 1.89 bits per heavy atom. The quantitative estimate of drug-likeness (QED) is 0.579. The Morgan fingerprint density at radius 1 is 1.18 bits per heavy atom. The van der Waals surface area contributed by atoms with Crippen molar-refractivity contribution in [1.29, 1.82) is 0 Å². The number of carbonyl (C=O) groups is 1. The van der Waals surface area contributed by atoms with Gasteiger partial charge in [0.25, 0.3) is 5.91 Å². The van der Waals surface area contributed by atoms with Gasteiger partial charge in [0.15, 0.2) is 5.82 Å². The van der Waals surface area contributed by atoms with Crippen LogP contribution in [0.2, 0.25) is 0 Å². The van der Waals surface area contributed by atoms with Crippen LogP contribution in [-0.4, -0.2) is 22.8 Å². The summed E-state index contributed by atoms with van der Waals surface area (Å²) in [4.78, 5) is 12.6. The van der Waals surface area contributed by atoms with Gasteiger partial charge in [-0.1, -0.05) is 28.1 Å². The first kappa shape index (κ1) is 20.1.